The number of nitrogens with two attached hydrogens (primary N) is 1. The predicted molar refractivity (Wildman–Crippen MR) is 56.9 cm³/mol. The fourth-order valence-corrected chi connectivity index (χ4v) is 1.86. The van der Waals surface area contributed by atoms with Crippen molar-refractivity contribution in [3.63, 3.8) is 0 Å². The number of halogens is 2. The van der Waals surface area contributed by atoms with Crippen molar-refractivity contribution in [2.45, 2.75) is 9.92 Å². The molecule has 0 saturated heterocycles. The molecule has 3 nitrogen and oxygen atoms in total. The van der Waals surface area contributed by atoms with Crippen molar-refractivity contribution in [1.82, 2.24) is 9.97 Å². The van der Waals surface area contributed by atoms with Crippen LogP contribution in [0.15, 0.2) is 40.5 Å². The van der Waals surface area contributed by atoms with Gasteiger partial charge in [-0.1, -0.05) is 11.8 Å². The van der Waals surface area contributed by atoms with Gasteiger partial charge in [0.1, 0.15) is 5.03 Å². The molecular weight excluding hydrogens is 232 g/mol. The molecule has 0 amide bonds. The Morgan fingerprint density at radius 3 is 2.50 bits per heavy atom. The van der Waals surface area contributed by atoms with E-state index in [0.29, 0.717) is 9.92 Å². The van der Waals surface area contributed by atoms with Gasteiger partial charge in [0.2, 0.25) is 0 Å². The van der Waals surface area contributed by atoms with Crippen LogP contribution in [0.2, 0.25) is 0 Å². The second-order valence-electron chi connectivity index (χ2n) is 2.92. The molecule has 0 atom stereocenters. The molecule has 2 aromatic rings. The number of anilines is 1. The number of rotatable bonds is 2. The van der Waals surface area contributed by atoms with E-state index < -0.39 is 11.6 Å². The number of aromatic nitrogens is 2. The summed E-state index contributed by atoms with van der Waals surface area (Å²) in [6.07, 6.45) is 2.95. The first kappa shape index (κ1) is 10.8. The Kier molecular flexibility index (Phi) is 3.00. The molecule has 0 spiro atoms. The number of hydrogen-bond donors (Lipinski definition) is 1. The first-order valence-corrected chi connectivity index (χ1v) is 5.18. The zero-order valence-corrected chi connectivity index (χ0v) is 8.84. The third kappa shape index (κ3) is 2.27. The van der Waals surface area contributed by atoms with Crippen LogP contribution >= 0.6 is 11.8 Å². The maximum atomic E-state index is 12.9. The molecule has 6 heteroatoms. The van der Waals surface area contributed by atoms with Crippen LogP contribution in [0, 0.1) is 11.6 Å². The summed E-state index contributed by atoms with van der Waals surface area (Å²) in [5, 5.41) is 0.466. The first-order chi connectivity index (χ1) is 7.66. The molecule has 16 heavy (non-hydrogen) atoms. The average Bonchev–Trinajstić information content (AvgIpc) is 2.27. The molecular formula is C10H7F2N3S. The summed E-state index contributed by atoms with van der Waals surface area (Å²) in [5.74, 6) is -1.51. The lowest BCUT2D eigenvalue weighted by atomic mass is 10.3. The Hall–Kier alpha value is -1.69. The molecule has 0 unspecified atom stereocenters. The van der Waals surface area contributed by atoms with Gasteiger partial charge in [0.25, 0.3) is 0 Å². The lowest BCUT2D eigenvalue weighted by Crippen LogP contribution is -1.94. The van der Waals surface area contributed by atoms with Crippen LogP contribution in [-0.4, -0.2) is 9.97 Å². The molecule has 0 aliphatic rings. The molecule has 1 heterocycles. The van der Waals surface area contributed by atoms with Crippen LogP contribution in [0.1, 0.15) is 0 Å². The van der Waals surface area contributed by atoms with Crippen molar-refractivity contribution >= 4 is 17.6 Å². The van der Waals surface area contributed by atoms with E-state index >= 15 is 0 Å². The van der Waals surface area contributed by atoms with Crippen LogP contribution in [0.5, 0.6) is 0 Å². The van der Waals surface area contributed by atoms with Crippen molar-refractivity contribution in [3.05, 3.63) is 42.2 Å². The minimum Gasteiger partial charge on any atom is -0.381 e. The van der Waals surface area contributed by atoms with Crippen LogP contribution in [0.4, 0.5) is 14.6 Å². The lowest BCUT2D eigenvalue weighted by molar-refractivity contribution is 0.506. The molecule has 0 radical (unpaired) electrons. The van der Waals surface area contributed by atoms with E-state index in [9.17, 15) is 8.78 Å². The van der Waals surface area contributed by atoms with Crippen molar-refractivity contribution in [2.24, 2.45) is 0 Å². The van der Waals surface area contributed by atoms with E-state index in [-0.39, 0.29) is 5.82 Å². The van der Waals surface area contributed by atoms with E-state index in [0.717, 1.165) is 23.9 Å². The van der Waals surface area contributed by atoms with Crippen molar-refractivity contribution < 1.29 is 8.78 Å². The number of benzene rings is 1. The second-order valence-corrected chi connectivity index (χ2v) is 3.99. The summed E-state index contributed by atoms with van der Waals surface area (Å²) in [4.78, 5) is 8.35. The normalized spacial score (nSPS) is 10.4. The summed E-state index contributed by atoms with van der Waals surface area (Å²) < 4.78 is 25.6. The minimum atomic E-state index is -0.896. The lowest BCUT2D eigenvalue weighted by Gasteiger charge is -2.03. The predicted octanol–water partition coefficient (Wildman–Crippen LogP) is 2.49. The molecule has 2 N–H and O–H groups in total. The highest BCUT2D eigenvalue weighted by Gasteiger charge is 2.07. The fraction of sp³-hybridized carbons (Fsp3) is 0. The monoisotopic (exact) mass is 239 g/mol. The Morgan fingerprint density at radius 2 is 1.81 bits per heavy atom. The smallest absolute Gasteiger partial charge is 0.159 e. The molecule has 1 aromatic heterocycles. The molecule has 1 aromatic carbocycles. The van der Waals surface area contributed by atoms with Gasteiger partial charge in [-0.15, -0.1) is 0 Å². The highest BCUT2D eigenvalue weighted by atomic mass is 32.2. The van der Waals surface area contributed by atoms with E-state index in [1.807, 2.05) is 0 Å². The largest absolute Gasteiger partial charge is 0.381 e. The third-order valence-corrected chi connectivity index (χ3v) is 2.79. The molecule has 0 fully saturated rings. The number of nitrogen functional groups attached to an aromatic ring is 1. The van der Waals surface area contributed by atoms with Crippen LogP contribution in [0.25, 0.3) is 0 Å². The molecule has 82 valence electrons. The Morgan fingerprint density at radius 1 is 1.06 bits per heavy atom. The fourth-order valence-electron chi connectivity index (χ4n) is 1.07. The van der Waals surface area contributed by atoms with Crippen LogP contribution < -0.4 is 5.73 Å². The quantitative estimate of drug-likeness (QED) is 0.874. The highest BCUT2D eigenvalue weighted by molar-refractivity contribution is 7.99. The Balaban J connectivity index is 2.28. The maximum absolute atomic E-state index is 12.9. The van der Waals surface area contributed by atoms with Crippen molar-refractivity contribution in [1.29, 1.82) is 0 Å². The summed E-state index contributed by atoms with van der Waals surface area (Å²) in [6, 6.07) is 3.61. The van der Waals surface area contributed by atoms with Gasteiger partial charge < -0.3 is 5.73 Å². The number of hydrogen-bond acceptors (Lipinski definition) is 4. The zero-order chi connectivity index (χ0) is 11.5. The van der Waals surface area contributed by atoms with Crippen LogP contribution in [0.3, 0.4) is 0 Å². The molecule has 0 aliphatic carbocycles. The van der Waals surface area contributed by atoms with Gasteiger partial charge in [0.05, 0.1) is 0 Å². The summed E-state index contributed by atoms with van der Waals surface area (Å²) in [7, 11) is 0. The molecule has 0 aliphatic heterocycles. The minimum absolute atomic E-state index is 0.261. The van der Waals surface area contributed by atoms with E-state index in [2.05, 4.69) is 9.97 Å². The SMILES string of the molecule is Nc1nccnc1Sc1ccc(F)c(F)c1. The highest BCUT2D eigenvalue weighted by Crippen LogP contribution is 2.29. The van der Waals surface area contributed by atoms with Gasteiger partial charge in [-0.05, 0) is 18.2 Å². The number of nitrogens with zero attached hydrogens (tertiary/aromatic N) is 2. The van der Waals surface area contributed by atoms with Gasteiger partial charge >= 0.3 is 0 Å². The summed E-state index contributed by atoms with van der Waals surface area (Å²) in [6.45, 7) is 0. The molecule has 2 rings (SSSR count). The van der Waals surface area contributed by atoms with Gasteiger partial charge in [0.15, 0.2) is 17.5 Å². The second kappa shape index (κ2) is 4.44. The van der Waals surface area contributed by atoms with Crippen molar-refractivity contribution in [2.75, 3.05) is 5.73 Å². The van der Waals surface area contributed by atoms with Gasteiger partial charge in [-0.2, -0.15) is 0 Å². The average molecular weight is 239 g/mol. The van der Waals surface area contributed by atoms with E-state index in [4.69, 9.17) is 5.73 Å². The van der Waals surface area contributed by atoms with Gasteiger partial charge in [-0.25, -0.2) is 18.7 Å². The Labute approximate surface area is 94.7 Å². The van der Waals surface area contributed by atoms with Gasteiger partial charge in [-0.3, -0.25) is 0 Å². The van der Waals surface area contributed by atoms with Crippen LogP contribution in [-0.2, 0) is 0 Å². The van der Waals surface area contributed by atoms with Gasteiger partial charge in [0, 0.05) is 17.3 Å². The first-order valence-electron chi connectivity index (χ1n) is 4.36. The summed E-state index contributed by atoms with van der Waals surface area (Å²) >= 11 is 1.13. The zero-order valence-electron chi connectivity index (χ0n) is 8.02. The molecule has 0 saturated carbocycles. The van der Waals surface area contributed by atoms with E-state index in [1.54, 1.807) is 0 Å². The topological polar surface area (TPSA) is 51.8 Å². The Bertz CT molecular complexity index is 519. The van der Waals surface area contributed by atoms with Crippen molar-refractivity contribution in [3.8, 4) is 0 Å². The summed E-state index contributed by atoms with van der Waals surface area (Å²) in [5.41, 5.74) is 5.57. The van der Waals surface area contributed by atoms with E-state index in [1.165, 1.54) is 18.5 Å². The maximum Gasteiger partial charge on any atom is 0.159 e. The third-order valence-electron chi connectivity index (χ3n) is 1.80. The molecule has 0 bridgehead atoms. The standard InChI is InChI=1S/C10H7F2N3S/c11-7-2-1-6(5-8(7)12)16-10-9(13)14-3-4-15-10/h1-5H,(H2,13,14).